The van der Waals surface area contributed by atoms with Crippen molar-refractivity contribution in [1.82, 2.24) is 0 Å². The third kappa shape index (κ3) is 3.52. The van der Waals surface area contributed by atoms with Gasteiger partial charge in [0.15, 0.2) is 0 Å². The number of carbonyl (C=O) groups excluding carboxylic acids is 2. The van der Waals surface area contributed by atoms with Crippen LogP contribution in [0.5, 0.6) is 0 Å². The first-order chi connectivity index (χ1) is 7.13. The maximum atomic E-state index is 11.0. The Kier molecular flexibility index (Phi) is 4.00. The third-order valence-corrected chi connectivity index (χ3v) is 1.92. The van der Waals surface area contributed by atoms with Gasteiger partial charge in [0.2, 0.25) is 5.78 Å². The average molecular weight is 206 g/mol. The summed E-state index contributed by atoms with van der Waals surface area (Å²) in [6, 6.07) is 6.86. The molecule has 0 aromatic heterocycles. The van der Waals surface area contributed by atoms with Crippen LogP contribution < -0.4 is 5.32 Å². The van der Waals surface area contributed by atoms with E-state index in [4.69, 9.17) is 0 Å². The Hall–Kier alpha value is -1.68. The molecule has 15 heavy (non-hydrogen) atoms. The molecular weight excluding hydrogens is 194 g/mol. The first-order valence-electron chi connectivity index (χ1n) is 4.62. The third-order valence-electron chi connectivity index (χ3n) is 1.92. The van der Waals surface area contributed by atoms with Crippen LogP contribution in [0.1, 0.15) is 12.5 Å². The molecule has 1 N–H and O–H groups in total. The lowest BCUT2D eigenvalue weighted by molar-refractivity contribution is -0.133. The van der Waals surface area contributed by atoms with E-state index >= 15 is 0 Å². The Labute approximate surface area is 87.9 Å². The smallest absolute Gasteiger partial charge is 0.291 e. The molecule has 4 heteroatoms. The zero-order valence-corrected chi connectivity index (χ0v) is 8.45. The minimum absolute atomic E-state index is 0.154. The topological polar surface area (TPSA) is 66.1 Å². The molecule has 0 bridgehead atoms. The predicted octanol–water partition coefficient (Wildman–Crippen LogP) is 1.19. The van der Waals surface area contributed by atoms with E-state index in [1.54, 1.807) is 24.3 Å². The van der Waals surface area contributed by atoms with Gasteiger partial charge in [-0.2, -0.15) is 0 Å². The molecule has 1 aromatic carbocycles. The van der Waals surface area contributed by atoms with Crippen LogP contribution in [0.3, 0.4) is 0 Å². The van der Waals surface area contributed by atoms with E-state index in [0.717, 1.165) is 5.56 Å². The van der Waals surface area contributed by atoms with Crippen molar-refractivity contribution in [3.63, 3.8) is 0 Å². The minimum atomic E-state index is -0.633. The van der Waals surface area contributed by atoms with Crippen molar-refractivity contribution >= 4 is 17.4 Å². The Morgan fingerprint density at radius 3 is 2.27 bits per heavy atom. The molecule has 0 unspecified atom stereocenters. The van der Waals surface area contributed by atoms with Crippen LogP contribution in [0.2, 0.25) is 0 Å². The molecule has 0 spiro atoms. The number of benzene rings is 1. The maximum Gasteiger partial charge on any atom is 0.291 e. The van der Waals surface area contributed by atoms with Crippen LogP contribution in [-0.2, 0) is 21.1 Å². The molecule has 0 fully saturated rings. The summed E-state index contributed by atoms with van der Waals surface area (Å²) in [5.74, 6) is -1.16. The molecule has 0 saturated heterocycles. The van der Waals surface area contributed by atoms with Crippen LogP contribution in [0, 0.1) is 0 Å². The highest BCUT2D eigenvalue weighted by Crippen LogP contribution is 2.09. The van der Waals surface area contributed by atoms with Gasteiger partial charge >= 0.3 is 0 Å². The monoisotopic (exact) mass is 206 g/mol. The second-order valence-corrected chi connectivity index (χ2v) is 3.16. The quantitative estimate of drug-likeness (QED) is 0.752. The number of ketones is 1. The summed E-state index contributed by atoms with van der Waals surface area (Å²) in [6.45, 7) is 1.06. The van der Waals surface area contributed by atoms with Crippen molar-refractivity contribution in [2.45, 2.75) is 13.3 Å². The first-order valence-corrected chi connectivity index (χ1v) is 4.62. The molecule has 0 aliphatic rings. The van der Waals surface area contributed by atoms with Crippen molar-refractivity contribution in [2.75, 3.05) is 11.9 Å². The fourth-order valence-electron chi connectivity index (χ4n) is 1.09. The summed E-state index contributed by atoms with van der Waals surface area (Å²) in [7, 11) is 0. The summed E-state index contributed by atoms with van der Waals surface area (Å²) in [4.78, 5) is 21.7. The van der Waals surface area contributed by atoms with Gasteiger partial charge in [-0.15, -0.1) is 0 Å². The summed E-state index contributed by atoms with van der Waals surface area (Å²) in [6.07, 6.45) is 0.473. The van der Waals surface area contributed by atoms with Crippen molar-refractivity contribution in [3.8, 4) is 0 Å². The van der Waals surface area contributed by atoms with Gasteiger partial charge in [-0.3, -0.25) is 9.59 Å². The lowest BCUT2D eigenvalue weighted by Crippen LogP contribution is -2.19. The molecule has 0 atom stereocenters. The zero-order chi connectivity index (χ0) is 11.3. The van der Waals surface area contributed by atoms with Gasteiger partial charge in [-0.25, -0.2) is 5.11 Å². The lowest BCUT2D eigenvalue weighted by atomic mass is 10.1. The number of Topliss-reactive ketones (excluding diaryl/α,β-unsaturated/α-hetero) is 1. The molecule has 1 amide bonds. The highest BCUT2D eigenvalue weighted by atomic mass is 16.3. The van der Waals surface area contributed by atoms with Crippen LogP contribution in [0.4, 0.5) is 5.69 Å². The number of rotatable bonds is 4. The van der Waals surface area contributed by atoms with E-state index in [2.05, 4.69) is 5.32 Å². The van der Waals surface area contributed by atoms with Crippen molar-refractivity contribution in [3.05, 3.63) is 29.8 Å². The summed E-state index contributed by atoms with van der Waals surface area (Å²) in [5.41, 5.74) is 1.48. The maximum absolute atomic E-state index is 11.0. The standard InChI is InChI=1S/C11H12NO3/c1-8(14)11(15)12-10-4-2-9(3-5-10)6-7-13/h2-5H,6-7H2,1H3,(H,12,15). The largest absolute Gasteiger partial charge is 0.319 e. The number of hydrogen-bond donors (Lipinski definition) is 1. The van der Waals surface area contributed by atoms with E-state index in [1.165, 1.54) is 6.92 Å². The van der Waals surface area contributed by atoms with Gasteiger partial charge in [0.05, 0.1) is 6.61 Å². The molecule has 0 aliphatic heterocycles. The Balaban J connectivity index is 2.64. The van der Waals surface area contributed by atoms with Gasteiger partial charge in [-0.1, -0.05) is 12.1 Å². The molecule has 4 nitrogen and oxygen atoms in total. The molecule has 0 aliphatic carbocycles. The van der Waals surface area contributed by atoms with E-state index < -0.39 is 11.7 Å². The van der Waals surface area contributed by atoms with Crippen LogP contribution in [-0.4, -0.2) is 18.3 Å². The number of anilines is 1. The highest BCUT2D eigenvalue weighted by molar-refractivity contribution is 6.39. The van der Waals surface area contributed by atoms with Crippen molar-refractivity contribution < 1.29 is 14.7 Å². The lowest BCUT2D eigenvalue weighted by Gasteiger charge is -2.03. The van der Waals surface area contributed by atoms with E-state index in [0.29, 0.717) is 12.1 Å². The van der Waals surface area contributed by atoms with Gasteiger partial charge in [0.1, 0.15) is 0 Å². The molecule has 0 heterocycles. The second-order valence-electron chi connectivity index (χ2n) is 3.16. The number of amides is 1. The summed E-state index contributed by atoms with van der Waals surface area (Å²) in [5, 5.41) is 12.8. The molecule has 0 saturated carbocycles. The van der Waals surface area contributed by atoms with Crippen LogP contribution in [0.25, 0.3) is 0 Å². The summed E-state index contributed by atoms with van der Waals surface area (Å²) < 4.78 is 0. The van der Waals surface area contributed by atoms with Gasteiger partial charge < -0.3 is 5.32 Å². The van der Waals surface area contributed by atoms with Crippen molar-refractivity contribution in [1.29, 1.82) is 0 Å². The van der Waals surface area contributed by atoms with E-state index in [-0.39, 0.29) is 6.61 Å². The number of carbonyl (C=O) groups is 2. The first kappa shape index (κ1) is 11.4. The van der Waals surface area contributed by atoms with E-state index in [1.807, 2.05) is 0 Å². The Bertz CT molecular complexity index is 357. The van der Waals surface area contributed by atoms with Crippen LogP contribution >= 0.6 is 0 Å². The highest BCUT2D eigenvalue weighted by Gasteiger charge is 2.06. The summed E-state index contributed by atoms with van der Waals surface area (Å²) >= 11 is 0. The van der Waals surface area contributed by atoms with Gasteiger partial charge in [-0.05, 0) is 24.1 Å². The fraction of sp³-hybridized carbons (Fsp3) is 0.273. The number of hydrogen-bond acceptors (Lipinski definition) is 2. The minimum Gasteiger partial charge on any atom is -0.319 e. The molecule has 1 aromatic rings. The molecule has 79 valence electrons. The predicted molar refractivity (Wildman–Crippen MR) is 55.0 cm³/mol. The average Bonchev–Trinajstić information content (AvgIpc) is 2.21. The second kappa shape index (κ2) is 5.26. The molecule has 1 radical (unpaired) electrons. The molecular formula is C11H12NO3. The normalized spacial score (nSPS) is 9.73. The van der Waals surface area contributed by atoms with Crippen molar-refractivity contribution in [2.24, 2.45) is 0 Å². The molecule has 1 rings (SSSR count). The van der Waals surface area contributed by atoms with Gasteiger partial charge in [0.25, 0.3) is 5.91 Å². The fourth-order valence-corrected chi connectivity index (χ4v) is 1.09. The SMILES string of the molecule is CC(=O)C(=O)Nc1ccc(CC[O])cc1. The number of nitrogens with one attached hydrogen (secondary N) is 1. The zero-order valence-electron chi connectivity index (χ0n) is 8.45. The Morgan fingerprint density at radius 2 is 1.80 bits per heavy atom. The van der Waals surface area contributed by atoms with E-state index in [9.17, 15) is 14.7 Å². The van der Waals surface area contributed by atoms with Gasteiger partial charge in [0, 0.05) is 12.6 Å². The Morgan fingerprint density at radius 1 is 1.20 bits per heavy atom. The van der Waals surface area contributed by atoms with Crippen LogP contribution in [0.15, 0.2) is 24.3 Å².